The van der Waals surface area contributed by atoms with Crippen molar-refractivity contribution in [2.75, 3.05) is 13.2 Å². The number of carbonyl (C=O) groups is 3. The summed E-state index contributed by atoms with van der Waals surface area (Å²) in [5, 5.41) is 1.89. The predicted molar refractivity (Wildman–Crippen MR) is 71.6 cm³/mol. The van der Waals surface area contributed by atoms with E-state index in [2.05, 4.69) is 25.4 Å². The lowest BCUT2D eigenvalue weighted by atomic mass is 10.4. The molecule has 7 nitrogen and oxygen atoms in total. The molecule has 0 aliphatic heterocycles. The summed E-state index contributed by atoms with van der Waals surface area (Å²) in [6, 6.07) is 3.30. The molecule has 0 saturated carbocycles. The zero-order valence-electron chi connectivity index (χ0n) is 10.6. The second-order valence-electron chi connectivity index (χ2n) is 3.35. The van der Waals surface area contributed by atoms with Crippen LogP contribution in [0.1, 0.15) is 12.7 Å². The van der Waals surface area contributed by atoms with E-state index in [0.29, 0.717) is 10.4 Å². The molecule has 0 radical (unpaired) electrons. The number of nitrogens with one attached hydrogen (secondary N) is 1. The Balaban J connectivity index is 2.31. The molecule has 8 heteroatoms. The molecule has 0 fully saturated rings. The minimum Gasteiger partial charge on any atom is -0.452 e. The van der Waals surface area contributed by atoms with Gasteiger partial charge in [0.2, 0.25) is 0 Å². The zero-order valence-corrected chi connectivity index (χ0v) is 12.1. The third kappa shape index (κ3) is 6.19. The molecule has 0 bridgehead atoms. The molecule has 0 spiro atoms. The van der Waals surface area contributed by atoms with Crippen LogP contribution in [0.5, 0.6) is 0 Å². The monoisotopic (exact) mass is 345 g/mol. The number of carbonyl (C=O) groups excluding carboxylic acids is 3. The zero-order chi connectivity index (χ0) is 15.0. The van der Waals surface area contributed by atoms with Crippen LogP contribution in [0.25, 0.3) is 6.08 Å². The third-order valence-corrected chi connectivity index (χ3v) is 2.27. The van der Waals surface area contributed by atoms with Crippen LogP contribution in [0.4, 0.5) is 4.79 Å². The van der Waals surface area contributed by atoms with Crippen molar-refractivity contribution in [3.05, 3.63) is 28.6 Å². The van der Waals surface area contributed by atoms with Crippen LogP contribution in [0.3, 0.4) is 0 Å². The number of hydrogen-bond donors (Lipinski definition) is 1. The summed E-state index contributed by atoms with van der Waals surface area (Å²) >= 11 is 3.11. The molecule has 0 aliphatic rings. The first-order chi connectivity index (χ1) is 9.51. The summed E-state index contributed by atoms with van der Waals surface area (Å²) in [5.74, 6) is -1.06. The van der Waals surface area contributed by atoms with Crippen molar-refractivity contribution in [1.82, 2.24) is 5.32 Å². The van der Waals surface area contributed by atoms with Crippen molar-refractivity contribution in [1.29, 1.82) is 0 Å². The molecule has 0 aliphatic carbocycles. The standard InChI is InChI=1S/C12H12BrNO6/c1-2-18-12(17)14-10(15)7-19-11(16)6-4-8-3-5-9(13)20-8/h3-6H,2,7H2,1H3,(H,14,15,17). The van der Waals surface area contributed by atoms with Crippen molar-refractivity contribution in [2.45, 2.75) is 6.92 Å². The fourth-order valence-corrected chi connectivity index (χ4v) is 1.39. The lowest BCUT2D eigenvalue weighted by molar-refractivity contribution is -0.143. The molecule has 108 valence electrons. The lowest BCUT2D eigenvalue weighted by Crippen LogP contribution is -2.34. The fourth-order valence-electron chi connectivity index (χ4n) is 1.07. The van der Waals surface area contributed by atoms with Crippen LogP contribution in [0.15, 0.2) is 27.3 Å². The number of furan rings is 1. The van der Waals surface area contributed by atoms with Gasteiger partial charge in [0.1, 0.15) is 5.76 Å². The summed E-state index contributed by atoms with van der Waals surface area (Å²) in [6.45, 7) is 1.16. The summed E-state index contributed by atoms with van der Waals surface area (Å²) in [5.41, 5.74) is 0. The van der Waals surface area contributed by atoms with Gasteiger partial charge in [0.05, 0.1) is 6.61 Å². The third-order valence-electron chi connectivity index (χ3n) is 1.84. The maximum atomic E-state index is 11.3. The van der Waals surface area contributed by atoms with Gasteiger partial charge in [-0.25, -0.2) is 9.59 Å². The second kappa shape index (κ2) is 8.16. The van der Waals surface area contributed by atoms with Gasteiger partial charge in [-0.1, -0.05) is 0 Å². The molecule has 1 N–H and O–H groups in total. The van der Waals surface area contributed by atoms with Gasteiger partial charge in [-0.3, -0.25) is 10.1 Å². The Morgan fingerprint density at radius 1 is 1.35 bits per heavy atom. The molecule has 0 unspecified atom stereocenters. The predicted octanol–water partition coefficient (Wildman–Crippen LogP) is 1.87. The minimum absolute atomic E-state index is 0.139. The average molecular weight is 346 g/mol. The quantitative estimate of drug-likeness (QED) is 0.646. The highest BCUT2D eigenvalue weighted by molar-refractivity contribution is 9.10. The molecule has 1 rings (SSSR count). The van der Waals surface area contributed by atoms with Crippen molar-refractivity contribution >= 4 is 40.0 Å². The molecule has 1 heterocycles. The smallest absolute Gasteiger partial charge is 0.413 e. The van der Waals surface area contributed by atoms with E-state index in [0.717, 1.165) is 6.08 Å². The van der Waals surface area contributed by atoms with Crippen LogP contribution >= 0.6 is 15.9 Å². The molecule has 0 saturated heterocycles. The average Bonchev–Trinajstić information content (AvgIpc) is 2.80. The number of halogens is 1. The van der Waals surface area contributed by atoms with Gasteiger partial charge < -0.3 is 13.9 Å². The Bertz CT molecular complexity index is 522. The molecule has 2 amide bonds. The Kier molecular flexibility index (Phi) is 6.51. The normalized spacial score (nSPS) is 10.3. The topological polar surface area (TPSA) is 94.8 Å². The molecule has 1 aromatic heterocycles. The number of esters is 1. The van der Waals surface area contributed by atoms with E-state index >= 15 is 0 Å². The summed E-state index contributed by atoms with van der Waals surface area (Å²) in [4.78, 5) is 33.3. The van der Waals surface area contributed by atoms with Crippen LogP contribution < -0.4 is 5.32 Å². The van der Waals surface area contributed by atoms with Crippen LogP contribution in [0, 0.1) is 0 Å². The number of hydrogen-bond acceptors (Lipinski definition) is 6. The van der Waals surface area contributed by atoms with E-state index in [1.807, 2.05) is 5.32 Å². The Morgan fingerprint density at radius 3 is 2.70 bits per heavy atom. The van der Waals surface area contributed by atoms with Gasteiger partial charge in [0, 0.05) is 6.08 Å². The van der Waals surface area contributed by atoms with Gasteiger partial charge in [-0.05, 0) is 41.1 Å². The minimum atomic E-state index is -0.885. The Hall–Kier alpha value is -2.09. The molecular formula is C12H12BrNO6. The van der Waals surface area contributed by atoms with E-state index in [4.69, 9.17) is 4.42 Å². The fraction of sp³-hybridized carbons (Fsp3) is 0.250. The first-order valence-corrected chi connectivity index (χ1v) is 6.37. The van der Waals surface area contributed by atoms with E-state index in [9.17, 15) is 14.4 Å². The number of ether oxygens (including phenoxy) is 2. The number of alkyl carbamates (subject to hydrolysis) is 1. The second-order valence-corrected chi connectivity index (χ2v) is 4.13. The highest BCUT2D eigenvalue weighted by Gasteiger charge is 2.09. The summed E-state index contributed by atoms with van der Waals surface area (Å²) in [6.07, 6.45) is 1.60. The van der Waals surface area contributed by atoms with Crippen LogP contribution in [-0.4, -0.2) is 31.2 Å². The van der Waals surface area contributed by atoms with Gasteiger partial charge in [-0.2, -0.15) is 0 Å². The van der Waals surface area contributed by atoms with Crippen LogP contribution in [0.2, 0.25) is 0 Å². The SMILES string of the molecule is CCOC(=O)NC(=O)COC(=O)C=Cc1ccc(Br)o1. The van der Waals surface area contributed by atoms with Crippen molar-refractivity contribution < 1.29 is 28.3 Å². The Labute approximate surface area is 123 Å². The molecule has 1 aromatic rings. The molecule has 0 aromatic carbocycles. The summed E-state index contributed by atoms with van der Waals surface area (Å²) < 4.78 is 14.7. The first kappa shape index (κ1) is 16.0. The van der Waals surface area contributed by atoms with Gasteiger partial charge in [0.25, 0.3) is 5.91 Å². The summed E-state index contributed by atoms with van der Waals surface area (Å²) in [7, 11) is 0. The lowest BCUT2D eigenvalue weighted by Gasteiger charge is -2.03. The molecular weight excluding hydrogens is 334 g/mol. The maximum absolute atomic E-state index is 11.3. The first-order valence-electron chi connectivity index (χ1n) is 5.58. The van der Waals surface area contributed by atoms with Gasteiger partial charge in [0.15, 0.2) is 11.3 Å². The van der Waals surface area contributed by atoms with E-state index in [1.54, 1.807) is 19.1 Å². The highest BCUT2D eigenvalue weighted by Crippen LogP contribution is 2.14. The largest absolute Gasteiger partial charge is 0.452 e. The van der Waals surface area contributed by atoms with Crippen molar-refractivity contribution in [3.63, 3.8) is 0 Å². The molecule has 0 atom stereocenters. The van der Waals surface area contributed by atoms with E-state index in [1.165, 1.54) is 6.08 Å². The van der Waals surface area contributed by atoms with E-state index < -0.39 is 24.6 Å². The highest BCUT2D eigenvalue weighted by atomic mass is 79.9. The maximum Gasteiger partial charge on any atom is 0.413 e. The Morgan fingerprint density at radius 2 is 2.10 bits per heavy atom. The van der Waals surface area contributed by atoms with Crippen molar-refractivity contribution in [3.8, 4) is 0 Å². The van der Waals surface area contributed by atoms with Crippen LogP contribution in [-0.2, 0) is 19.1 Å². The number of amides is 2. The van der Waals surface area contributed by atoms with Gasteiger partial charge >= 0.3 is 12.1 Å². The van der Waals surface area contributed by atoms with E-state index in [-0.39, 0.29) is 6.61 Å². The van der Waals surface area contributed by atoms with Gasteiger partial charge in [-0.15, -0.1) is 0 Å². The molecule has 20 heavy (non-hydrogen) atoms. The van der Waals surface area contributed by atoms with Crippen molar-refractivity contribution in [2.24, 2.45) is 0 Å². The number of rotatable bonds is 5. The number of imide groups is 1.